The van der Waals surface area contributed by atoms with Crippen molar-refractivity contribution in [2.45, 2.75) is 38.1 Å². The fourth-order valence-corrected chi connectivity index (χ4v) is 4.52. The monoisotopic (exact) mass is 351 g/mol. The van der Waals surface area contributed by atoms with Crippen LogP contribution in [-0.2, 0) is 9.53 Å². The van der Waals surface area contributed by atoms with Crippen molar-refractivity contribution in [1.29, 1.82) is 0 Å². The van der Waals surface area contributed by atoms with Crippen molar-refractivity contribution in [3.63, 3.8) is 0 Å². The van der Waals surface area contributed by atoms with E-state index in [0.717, 1.165) is 50.9 Å². The van der Waals surface area contributed by atoms with E-state index in [1.165, 1.54) is 0 Å². The molecule has 0 aromatic carbocycles. The number of hydrogen-bond acceptors (Lipinski definition) is 4. The molecule has 3 saturated heterocycles. The first-order valence-electron chi connectivity index (χ1n) is 9.04. The van der Waals surface area contributed by atoms with Gasteiger partial charge in [0.15, 0.2) is 11.6 Å². The summed E-state index contributed by atoms with van der Waals surface area (Å²) in [5.74, 6) is -1.01. The van der Waals surface area contributed by atoms with Gasteiger partial charge in [0.1, 0.15) is 5.82 Å². The van der Waals surface area contributed by atoms with Crippen LogP contribution in [0.4, 0.5) is 14.6 Å². The van der Waals surface area contributed by atoms with Gasteiger partial charge in [-0.15, -0.1) is 0 Å². The van der Waals surface area contributed by atoms with Gasteiger partial charge in [-0.2, -0.15) is 0 Å². The summed E-state index contributed by atoms with van der Waals surface area (Å²) in [5, 5.41) is 0. The van der Waals surface area contributed by atoms with Crippen molar-refractivity contribution in [2.24, 2.45) is 5.41 Å². The van der Waals surface area contributed by atoms with Crippen molar-refractivity contribution < 1.29 is 18.3 Å². The first-order chi connectivity index (χ1) is 12.1. The van der Waals surface area contributed by atoms with Crippen molar-refractivity contribution in [3.05, 3.63) is 23.9 Å². The van der Waals surface area contributed by atoms with Gasteiger partial charge in [0, 0.05) is 45.0 Å². The van der Waals surface area contributed by atoms with Crippen LogP contribution in [-0.4, -0.2) is 54.7 Å². The predicted molar refractivity (Wildman–Crippen MR) is 88.2 cm³/mol. The summed E-state index contributed by atoms with van der Waals surface area (Å²) in [6.45, 7) is 3.27. The van der Waals surface area contributed by atoms with E-state index in [-0.39, 0.29) is 17.8 Å². The van der Waals surface area contributed by atoms with E-state index in [9.17, 15) is 13.6 Å². The van der Waals surface area contributed by atoms with E-state index in [1.807, 2.05) is 9.80 Å². The summed E-state index contributed by atoms with van der Waals surface area (Å²) in [4.78, 5) is 20.9. The van der Waals surface area contributed by atoms with Gasteiger partial charge in [0.2, 0.25) is 5.91 Å². The second-order valence-electron chi connectivity index (χ2n) is 7.36. The number of aromatic nitrogens is 1. The highest BCUT2D eigenvalue weighted by Crippen LogP contribution is 2.42. The maximum Gasteiger partial charge on any atom is 0.230 e. The third-order valence-electron chi connectivity index (χ3n) is 5.84. The number of halogens is 2. The number of rotatable bonds is 2. The molecule has 4 heterocycles. The molecule has 0 bridgehead atoms. The Morgan fingerprint density at radius 3 is 2.76 bits per heavy atom. The SMILES string of the molecule is O=C1N(C2CCOCC2)CC[C@@]12CCCN(c1ncc(F)cc1F)C2. The van der Waals surface area contributed by atoms with Crippen LogP contribution in [0.15, 0.2) is 12.3 Å². The molecule has 4 rings (SSSR count). The minimum Gasteiger partial charge on any atom is -0.381 e. The van der Waals surface area contributed by atoms with E-state index < -0.39 is 17.0 Å². The first kappa shape index (κ1) is 16.7. The molecular formula is C18H23F2N3O2. The Hall–Kier alpha value is -1.76. The largest absolute Gasteiger partial charge is 0.381 e. The zero-order valence-electron chi connectivity index (χ0n) is 14.2. The van der Waals surface area contributed by atoms with Crippen LogP contribution in [0.3, 0.4) is 0 Å². The van der Waals surface area contributed by atoms with E-state index >= 15 is 0 Å². The van der Waals surface area contributed by atoms with Crippen LogP contribution >= 0.6 is 0 Å². The van der Waals surface area contributed by atoms with Crippen molar-refractivity contribution in [2.75, 3.05) is 37.7 Å². The average Bonchev–Trinajstić information content (AvgIpc) is 2.92. The van der Waals surface area contributed by atoms with Crippen LogP contribution in [0.1, 0.15) is 32.1 Å². The standard InChI is InChI=1S/C18H23F2N3O2/c19-13-10-15(20)16(21-11-13)22-6-1-4-18(12-22)5-7-23(17(18)24)14-2-8-25-9-3-14/h10-11,14H,1-9,12H2/t18-/m1/s1. The Bertz CT molecular complexity index is 666. The van der Waals surface area contributed by atoms with Gasteiger partial charge in [-0.3, -0.25) is 4.79 Å². The second-order valence-corrected chi connectivity index (χ2v) is 7.36. The van der Waals surface area contributed by atoms with Gasteiger partial charge in [0.05, 0.1) is 11.6 Å². The topological polar surface area (TPSA) is 45.7 Å². The number of pyridine rings is 1. The predicted octanol–water partition coefficient (Wildman–Crippen LogP) is 2.36. The second kappa shape index (κ2) is 6.52. The summed E-state index contributed by atoms with van der Waals surface area (Å²) in [6, 6.07) is 1.12. The maximum atomic E-state index is 14.1. The fourth-order valence-electron chi connectivity index (χ4n) is 4.52. The van der Waals surface area contributed by atoms with Crippen LogP contribution in [0.2, 0.25) is 0 Å². The molecule has 7 heteroatoms. The minimum atomic E-state index is -0.685. The number of carbonyl (C=O) groups excluding carboxylic acids is 1. The number of amides is 1. The molecule has 0 unspecified atom stereocenters. The van der Waals surface area contributed by atoms with E-state index in [4.69, 9.17) is 4.74 Å². The maximum absolute atomic E-state index is 14.1. The Kier molecular flexibility index (Phi) is 4.35. The molecular weight excluding hydrogens is 328 g/mol. The quantitative estimate of drug-likeness (QED) is 0.821. The van der Waals surface area contributed by atoms with Crippen molar-refractivity contribution in [3.8, 4) is 0 Å². The summed E-state index contributed by atoms with van der Waals surface area (Å²) >= 11 is 0. The van der Waals surface area contributed by atoms with Gasteiger partial charge in [-0.05, 0) is 32.1 Å². The number of piperidine rings is 1. The first-order valence-corrected chi connectivity index (χ1v) is 9.04. The van der Waals surface area contributed by atoms with Crippen LogP contribution in [0.5, 0.6) is 0 Å². The van der Waals surface area contributed by atoms with Crippen LogP contribution in [0, 0.1) is 17.0 Å². The Morgan fingerprint density at radius 2 is 2.00 bits per heavy atom. The molecule has 3 aliphatic heterocycles. The lowest BCUT2D eigenvalue weighted by atomic mass is 9.78. The lowest BCUT2D eigenvalue weighted by Gasteiger charge is -2.40. The highest BCUT2D eigenvalue weighted by Gasteiger charge is 2.50. The van der Waals surface area contributed by atoms with E-state index in [0.29, 0.717) is 26.3 Å². The third-order valence-corrected chi connectivity index (χ3v) is 5.84. The molecule has 0 saturated carbocycles. The molecule has 1 atom stereocenters. The zero-order chi connectivity index (χ0) is 17.4. The molecule has 0 radical (unpaired) electrons. The normalized spacial score (nSPS) is 28.2. The molecule has 1 spiro atoms. The summed E-state index contributed by atoms with van der Waals surface area (Å²) < 4.78 is 32.7. The number of carbonyl (C=O) groups is 1. The lowest BCUT2D eigenvalue weighted by molar-refractivity contribution is -0.139. The van der Waals surface area contributed by atoms with Gasteiger partial charge >= 0.3 is 0 Å². The average molecular weight is 351 g/mol. The highest BCUT2D eigenvalue weighted by molar-refractivity contribution is 5.86. The van der Waals surface area contributed by atoms with Gasteiger partial charge in [-0.1, -0.05) is 0 Å². The molecule has 5 nitrogen and oxygen atoms in total. The minimum absolute atomic E-state index is 0.151. The number of anilines is 1. The highest BCUT2D eigenvalue weighted by atomic mass is 19.1. The zero-order valence-corrected chi connectivity index (χ0v) is 14.2. The lowest BCUT2D eigenvalue weighted by Crippen LogP contribution is -2.50. The molecule has 0 N–H and O–H groups in total. The molecule has 1 aromatic heterocycles. The van der Waals surface area contributed by atoms with Gasteiger partial charge in [0.25, 0.3) is 0 Å². The van der Waals surface area contributed by atoms with E-state index in [1.54, 1.807) is 0 Å². The fraction of sp³-hybridized carbons (Fsp3) is 0.667. The number of nitrogens with zero attached hydrogens (tertiary/aromatic N) is 3. The summed E-state index contributed by atoms with van der Waals surface area (Å²) in [6.07, 6.45) is 5.24. The molecule has 3 aliphatic rings. The summed E-state index contributed by atoms with van der Waals surface area (Å²) in [7, 11) is 0. The van der Waals surface area contributed by atoms with Gasteiger partial charge in [-0.25, -0.2) is 13.8 Å². The smallest absolute Gasteiger partial charge is 0.230 e. The number of likely N-dealkylation sites (tertiary alicyclic amines) is 1. The third kappa shape index (κ3) is 2.99. The molecule has 0 aliphatic carbocycles. The van der Waals surface area contributed by atoms with Crippen molar-refractivity contribution in [1.82, 2.24) is 9.88 Å². The molecule has 1 aromatic rings. The Morgan fingerprint density at radius 1 is 1.20 bits per heavy atom. The number of ether oxygens (including phenoxy) is 1. The number of hydrogen-bond donors (Lipinski definition) is 0. The molecule has 3 fully saturated rings. The van der Waals surface area contributed by atoms with Crippen molar-refractivity contribution >= 4 is 11.7 Å². The molecule has 136 valence electrons. The van der Waals surface area contributed by atoms with E-state index in [2.05, 4.69) is 4.98 Å². The Balaban J connectivity index is 1.53. The molecule has 1 amide bonds. The van der Waals surface area contributed by atoms with Crippen LogP contribution in [0.25, 0.3) is 0 Å². The Labute approximate surface area is 146 Å². The molecule has 25 heavy (non-hydrogen) atoms. The summed E-state index contributed by atoms with van der Waals surface area (Å²) in [5.41, 5.74) is -0.459. The van der Waals surface area contributed by atoms with Crippen LogP contribution < -0.4 is 4.90 Å². The van der Waals surface area contributed by atoms with Gasteiger partial charge < -0.3 is 14.5 Å².